The van der Waals surface area contributed by atoms with Gasteiger partial charge in [-0.1, -0.05) is 6.92 Å². The zero-order valence-corrected chi connectivity index (χ0v) is 17.2. The SMILES string of the molecule is CCCC(=O)NCCCC(N)C(=O)NCCCNCCCCNCCCN. The minimum absolute atomic E-state index is 0.0610. The van der Waals surface area contributed by atoms with Crippen molar-refractivity contribution in [3.63, 3.8) is 0 Å². The largest absolute Gasteiger partial charge is 0.356 e. The summed E-state index contributed by atoms with van der Waals surface area (Å²) in [6.45, 7) is 7.85. The summed E-state index contributed by atoms with van der Waals surface area (Å²) in [5.74, 6) is -0.0516. The maximum Gasteiger partial charge on any atom is 0.236 e. The van der Waals surface area contributed by atoms with Crippen LogP contribution in [0.3, 0.4) is 0 Å². The normalized spacial score (nSPS) is 12.0. The van der Waals surface area contributed by atoms with Gasteiger partial charge in [0.25, 0.3) is 0 Å². The summed E-state index contributed by atoms with van der Waals surface area (Å²) in [4.78, 5) is 23.2. The Labute approximate surface area is 165 Å². The molecule has 0 spiro atoms. The molecule has 8 nitrogen and oxygen atoms in total. The van der Waals surface area contributed by atoms with Crippen molar-refractivity contribution in [3.8, 4) is 0 Å². The third-order valence-corrected chi connectivity index (χ3v) is 4.17. The van der Waals surface area contributed by atoms with E-state index < -0.39 is 6.04 Å². The van der Waals surface area contributed by atoms with Gasteiger partial charge in [0.2, 0.25) is 11.8 Å². The van der Waals surface area contributed by atoms with Crippen molar-refractivity contribution in [2.45, 2.75) is 64.3 Å². The fraction of sp³-hybridized carbons (Fsp3) is 0.895. The summed E-state index contributed by atoms with van der Waals surface area (Å²) in [5.41, 5.74) is 11.3. The van der Waals surface area contributed by atoms with Gasteiger partial charge in [0.05, 0.1) is 6.04 Å². The van der Waals surface area contributed by atoms with E-state index in [-0.39, 0.29) is 11.8 Å². The monoisotopic (exact) mass is 386 g/mol. The average Bonchev–Trinajstić information content (AvgIpc) is 2.66. The Morgan fingerprint density at radius 1 is 0.815 bits per heavy atom. The molecule has 0 aliphatic carbocycles. The smallest absolute Gasteiger partial charge is 0.236 e. The van der Waals surface area contributed by atoms with Gasteiger partial charge in [-0.2, -0.15) is 0 Å². The summed E-state index contributed by atoms with van der Waals surface area (Å²) in [6.07, 6.45) is 6.90. The molecule has 0 aromatic rings. The van der Waals surface area contributed by atoms with E-state index in [1.54, 1.807) is 0 Å². The lowest BCUT2D eigenvalue weighted by atomic mass is 10.1. The first-order chi connectivity index (χ1) is 13.1. The fourth-order valence-corrected chi connectivity index (χ4v) is 2.53. The van der Waals surface area contributed by atoms with Crippen LogP contribution < -0.4 is 32.7 Å². The molecule has 8 heteroatoms. The van der Waals surface area contributed by atoms with Gasteiger partial charge in [0.15, 0.2) is 0 Å². The lowest BCUT2D eigenvalue weighted by Gasteiger charge is -2.12. The zero-order chi connectivity index (χ0) is 20.2. The molecule has 0 saturated carbocycles. The molecule has 8 N–H and O–H groups in total. The lowest BCUT2D eigenvalue weighted by Crippen LogP contribution is -2.41. The first-order valence-electron chi connectivity index (χ1n) is 10.5. The van der Waals surface area contributed by atoms with E-state index in [1.165, 1.54) is 0 Å². The van der Waals surface area contributed by atoms with Crippen LogP contribution in [0.25, 0.3) is 0 Å². The number of hydrogen-bond acceptors (Lipinski definition) is 6. The maximum atomic E-state index is 11.9. The number of rotatable bonds is 19. The van der Waals surface area contributed by atoms with Crippen molar-refractivity contribution in [2.75, 3.05) is 45.8 Å². The van der Waals surface area contributed by atoms with E-state index in [9.17, 15) is 9.59 Å². The van der Waals surface area contributed by atoms with Crippen molar-refractivity contribution in [3.05, 3.63) is 0 Å². The van der Waals surface area contributed by atoms with Gasteiger partial charge < -0.3 is 32.7 Å². The van der Waals surface area contributed by atoms with Crippen molar-refractivity contribution in [1.82, 2.24) is 21.3 Å². The molecule has 0 radical (unpaired) electrons. The van der Waals surface area contributed by atoms with Crippen LogP contribution in [0.1, 0.15) is 58.3 Å². The first-order valence-corrected chi connectivity index (χ1v) is 10.5. The summed E-state index contributed by atoms with van der Waals surface area (Å²) >= 11 is 0. The predicted molar refractivity (Wildman–Crippen MR) is 111 cm³/mol. The molecule has 0 aromatic carbocycles. The Hall–Kier alpha value is -1.22. The zero-order valence-electron chi connectivity index (χ0n) is 17.2. The number of carbonyl (C=O) groups is 2. The van der Waals surface area contributed by atoms with Crippen LogP contribution in [0.5, 0.6) is 0 Å². The quantitative estimate of drug-likeness (QED) is 0.171. The Morgan fingerprint density at radius 3 is 2.04 bits per heavy atom. The topological polar surface area (TPSA) is 134 Å². The van der Waals surface area contributed by atoms with Gasteiger partial charge >= 0.3 is 0 Å². The van der Waals surface area contributed by atoms with Gasteiger partial charge in [-0.05, 0) is 77.7 Å². The summed E-state index contributed by atoms with van der Waals surface area (Å²) in [7, 11) is 0. The second-order valence-corrected chi connectivity index (χ2v) is 6.84. The standard InChI is InChI=1S/C19H42N6O2/c1-2-8-18(26)24-15-5-9-17(21)19(27)25-16-7-14-23-12-4-3-11-22-13-6-10-20/h17,22-23H,2-16,20-21H2,1H3,(H,24,26)(H,25,27). The van der Waals surface area contributed by atoms with Crippen LogP contribution >= 0.6 is 0 Å². The van der Waals surface area contributed by atoms with E-state index in [0.29, 0.717) is 32.4 Å². The number of nitrogens with one attached hydrogen (secondary N) is 4. The van der Waals surface area contributed by atoms with Gasteiger partial charge in [-0.15, -0.1) is 0 Å². The fourth-order valence-electron chi connectivity index (χ4n) is 2.53. The highest BCUT2D eigenvalue weighted by molar-refractivity contribution is 5.81. The van der Waals surface area contributed by atoms with E-state index in [0.717, 1.165) is 64.8 Å². The third-order valence-electron chi connectivity index (χ3n) is 4.17. The van der Waals surface area contributed by atoms with Crippen molar-refractivity contribution in [2.24, 2.45) is 11.5 Å². The molecule has 0 aliphatic rings. The summed E-state index contributed by atoms with van der Waals surface area (Å²) < 4.78 is 0. The van der Waals surface area contributed by atoms with Crippen LogP contribution in [0.4, 0.5) is 0 Å². The number of amides is 2. The van der Waals surface area contributed by atoms with Crippen LogP contribution in [0.15, 0.2) is 0 Å². The average molecular weight is 387 g/mol. The molecule has 1 atom stereocenters. The molecule has 0 heterocycles. The van der Waals surface area contributed by atoms with Gasteiger partial charge in [-0.3, -0.25) is 9.59 Å². The summed E-state index contributed by atoms with van der Waals surface area (Å²) in [6, 6.07) is -0.507. The molecule has 0 saturated heterocycles. The molecule has 0 rings (SSSR count). The molecule has 0 aliphatic heterocycles. The highest BCUT2D eigenvalue weighted by Gasteiger charge is 2.12. The van der Waals surface area contributed by atoms with E-state index in [2.05, 4.69) is 21.3 Å². The highest BCUT2D eigenvalue weighted by Crippen LogP contribution is 1.95. The van der Waals surface area contributed by atoms with Gasteiger partial charge in [0.1, 0.15) is 0 Å². The first kappa shape index (κ1) is 25.8. The third kappa shape index (κ3) is 17.9. The second kappa shape index (κ2) is 19.5. The maximum absolute atomic E-state index is 11.9. The molecule has 2 amide bonds. The molecular weight excluding hydrogens is 344 g/mol. The van der Waals surface area contributed by atoms with Crippen LogP contribution in [-0.2, 0) is 9.59 Å². The number of hydrogen-bond donors (Lipinski definition) is 6. The Morgan fingerprint density at radius 2 is 1.41 bits per heavy atom. The van der Waals surface area contributed by atoms with E-state index >= 15 is 0 Å². The number of carbonyl (C=O) groups excluding carboxylic acids is 2. The van der Waals surface area contributed by atoms with Gasteiger partial charge in [0, 0.05) is 19.5 Å². The minimum Gasteiger partial charge on any atom is -0.356 e. The van der Waals surface area contributed by atoms with Crippen LogP contribution in [-0.4, -0.2) is 63.7 Å². The number of nitrogens with two attached hydrogens (primary N) is 2. The predicted octanol–water partition coefficient (Wildman–Crippen LogP) is -0.175. The van der Waals surface area contributed by atoms with Crippen molar-refractivity contribution < 1.29 is 9.59 Å². The highest BCUT2D eigenvalue weighted by atomic mass is 16.2. The summed E-state index contributed by atoms with van der Waals surface area (Å²) in [5, 5.41) is 12.4. The molecule has 160 valence electrons. The molecule has 0 aromatic heterocycles. The van der Waals surface area contributed by atoms with Crippen molar-refractivity contribution in [1.29, 1.82) is 0 Å². The Kier molecular flexibility index (Phi) is 18.7. The molecule has 0 bridgehead atoms. The van der Waals surface area contributed by atoms with Gasteiger partial charge in [-0.25, -0.2) is 0 Å². The Bertz CT molecular complexity index is 368. The van der Waals surface area contributed by atoms with Crippen LogP contribution in [0, 0.1) is 0 Å². The molecular formula is C19H42N6O2. The van der Waals surface area contributed by atoms with Crippen LogP contribution in [0.2, 0.25) is 0 Å². The van der Waals surface area contributed by atoms with E-state index in [4.69, 9.17) is 11.5 Å². The van der Waals surface area contributed by atoms with Crippen molar-refractivity contribution >= 4 is 11.8 Å². The Balaban J connectivity index is 3.38. The lowest BCUT2D eigenvalue weighted by molar-refractivity contribution is -0.122. The molecule has 27 heavy (non-hydrogen) atoms. The molecule has 0 fully saturated rings. The van der Waals surface area contributed by atoms with E-state index in [1.807, 2.05) is 6.92 Å². The number of unbranched alkanes of at least 4 members (excludes halogenated alkanes) is 1. The second-order valence-electron chi connectivity index (χ2n) is 6.84. The minimum atomic E-state index is -0.507. The molecule has 1 unspecified atom stereocenters.